The first-order valence-corrected chi connectivity index (χ1v) is 15.8. The minimum atomic E-state index is -0.225. The zero-order valence-electron chi connectivity index (χ0n) is 24.2. The molecule has 0 bridgehead atoms. The molecule has 1 aliphatic heterocycles. The van der Waals surface area contributed by atoms with Gasteiger partial charge >= 0.3 is 0 Å². The lowest BCUT2D eigenvalue weighted by atomic mass is 10.2. The van der Waals surface area contributed by atoms with Gasteiger partial charge in [0.1, 0.15) is 11.5 Å². The van der Waals surface area contributed by atoms with E-state index in [-0.39, 0.29) is 11.7 Å². The molecule has 226 valence electrons. The molecule has 1 aliphatic rings. The molecule has 1 aromatic heterocycles. The Labute approximate surface area is 265 Å². The molecule has 1 N–H and O–H groups in total. The molecular formula is C31H33Cl2N5O4S. The van der Waals surface area contributed by atoms with Crippen LogP contribution in [-0.4, -0.2) is 65.9 Å². The molecule has 0 spiro atoms. The number of halogens is 2. The van der Waals surface area contributed by atoms with Crippen molar-refractivity contribution in [2.24, 2.45) is 0 Å². The molecule has 0 aliphatic carbocycles. The lowest BCUT2D eigenvalue weighted by molar-refractivity contribution is -0.113. The Morgan fingerprint density at radius 3 is 2.40 bits per heavy atom. The zero-order chi connectivity index (χ0) is 30.3. The van der Waals surface area contributed by atoms with Crippen LogP contribution in [-0.2, 0) is 9.53 Å². The van der Waals surface area contributed by atoms with Crippen LogP contribution < -0.4 is 19.7 Å². The average molecular weight is 643 g/mol. The second-order valence-electron chi connectivity index (χ2n) is 9.70. The van der Waals surface area contributed by atoms with Crippen molar-refractivity contribution in [2.75, 3.05) is 55.5 Å². The summed E-state index contributed by atoms with van der Waals surface area (Å²) in [6.45, 7) is 9.51. The van der Waals surface area contributed by atoms with Crippen LogP contribution in [0.1, 0.15) is 19.4 Å². The topological polar surface area (TPSA) is 90.7 Å². The van der Waals surface area contributed by atoms with Gasteiger partial charge in [0.25, 0.3) is 0 Å². The molecule has 1 fully saturated rings. The molecule has 9 nitrogen and oxygen atoms in total. The van der Waals surface area contributed by atoms with Crippen LogP contribution in [0.5, 0.6) is 11.5 Å². The van der Waals surface area contributed by atoms with Crippen molar-refractivity contribution in [1.82, 2.24) is 14.8 Å². The van der Waals surface area contributed by atoms with Crippen LogP contribution in [0.15, 0.2) is 59.8 Å². The second kappa shape index (κ2) is 14.4. The third kappa shape index (κ3) is 7.38. The normalized spacial score (nSPS) is 13.2. The first-order valence-electron chi connectivity index (χ1n) is 14.0. The Hall–Kier alpha value is -3.44. The summed E-state index contributed by atoms with van der Waals surface area (Å²) >= 11 is 13.9. The van der Waals surface area contributed by atoms with Crippen molar-refractivity contribution in [3.8, 4) is 28.6 Å². The first-order chi connectivity index (χ1) is 20.9. The number of carbonyl (C=O) groups excluding carboxylic acids is 1. The SMILES string of the molecule is CCOc1cc(N2CCOCC2)c(OCC)cc1NC(=O)CSc1nnc(-c2ccc(Cl)cc2)n1-c1ccc(C)c(Cl)c1. The maximum absolute atomic E-state index is 13.3. The number of morpholine rings is 1. The molecule has 0 atom stereocenters. The minimum absolute atomic E-state index is 0.0824. The number of thioether (sulfide) groups is 1. The van der Waals surface area contributed by atoms with Crippen LogP contribution in [0.25, 0.3) is 17.1 Å². The van der Waals surface area contributed by atoms with E-state index in [9.17, 15) is 4.79 Å². The Bertz CT molecular complexity index is 1580. The molecule has 3 aromatic carbocycles. The number of nitrogens with one attached hydrogen (secondary N) is 1. The van der Waals surface area contributed by atoms with Crippen LogP contribution in [0.4, 0.5) is 11.4 Å². The van der Waals surface area contributed by atoms with Crippen molar-refractivity contribution in [3.05, 3.63) is 70.2 Å². The predicted octanol–water partition coefficient (Wildman–Crippen LogP) is 6.91. The van der Waals surface area contributed by atoms with E-state index >= 15 is 0 Å². The number of hydrogen-bond acceptors (Lipinski definition) is 8. The van der Waals surface area contributed by atoms with Gasteiger partial charge in [-0.3, -0.25) is 9.36 Å². The molecule has 12 heteroatoms. The molecule has 0 unspecified atom stereocenters. The Morgan fingerprint density at radius 1 is 0.977 bits per heavy atom. The van der Waals surface area contributed by atoms with Crippen LogP contribution >= 0.6 is 35.0 Å². The third-order valence-corrected chi connectivity index (χ3v) is 8.36. The van der Waals surface area contributed by atoms with Crippen molar-refractivity contribution < 1.29 is 19.0 Å². The number of nitrogens with zero attached hydrogens (tertiary/aromatic N) is 4. The van der Waals surface area contributed by atoms with Gasteiger partial charge in [-0.1, -0.05) is 41.0 Å². The van der Waals surface area contributed by atoms with Gasteiger partial charge in [0.15, 0.2) is 11.0 Å². The van der Waals surface area contributed by atoms with Crippen LogP contribution in [0.3, 0.4) is 0 Å². The number of aryl methyl sites for hydroxylation is 1. The van der Waals surface area contributed by atoms with E-state index in [4.69, 9.17) is 37.4 Å². The van der Waals surface area contributed by atoms with E-state index in [1.54, 1.807) is 12.1 Å². The summed E-state index contributed by atoms with van der Waals surface area (Å²) in [6, 6.07) is 16.9. The fourth-order valence-corrected chi connectivity index (χ4v) is 5.72. The molecule has 0 saturated carbocycles. The first kappa shape index (κ1) is 31.0. The van der Waals surface area contributed by atoms with Crippen molar-refractivity contribution in [2.45, 2.75) is 25.9 Å². The number of carbonyl (C=O) groups is 1. The average Bonchev–Trinajstić information content (AvgIpc) is 3.43. The van der Waals surface area contributed by atoms with Gasteiger partial charge in [-0.15, -0.1) is 10.2 Å². The smallest absolute Gasteiger partial charge is 0.234 e. The molecule has 0 radical (unpaired) electrons. The summed E-state index contributed by atoms with van der Waals surface area (Å²) in [7, 11) is 0. The van der Waals surface area contributed by atoms with E-state index in [1.165, 1.54) is 11.8 Å². The molecule has 2 heterocycles. The Morgan fingerprint density at radius 2 is 1.70 bits per heavy atom. The minimum Gasteiger partial charge on any atom is -0.492 e. The highest BCUT2D eigenvalue weighted by atomic mass is 35.5. The fourth-order valence-electron chi connectivity index (χ4n) is 4.66. The van der Waals surface area contributed by atoms with E-state index in [0.29, 0.717) is 64.6 Å². The highest BCUT2D eigenvalue weighted by Crippen LogP contribution is 2.39. The lowest BCUT2D eigenvalue weighted by Gasteiger charge is -2.31. The summed E-state index contributed by atoms with van der Waals surface area (Å²) in [6.07, 6.45) is 0. The molecule has 5 rings (SSSR count). The summed E-state index contributed by atoms with van der Waals surface area (Å²) < 4.78 is 19.3. The van der Waals surface area contributed by atoms with Gasteiger partial charge in [-0.2, -0.15) is 0 Å². The van der Waals surface area contributed by atoms with Crippen LogP contribution in [0.2, 0.25) is 10.0 Å². The monoisotopic (exact) mass is 641 g/mol. The second-order valence-corrected chi connectivity index (χ2v) is 11.5. The zero-order valence-corrected chi connectivity index (χ0v) is 26.6. The molecule has 1 amide bonds. The van der Waals surface area contributed by atoms with Crippen molar-refractivity contribution in [3.63, 3.8) is 0 Å². The molecule has 1 saturated heterocycles. The van der Waals surface area contributed by atoms with Gasteiger partial charge in [0, 0.05) is 40.8 Å². The summed E-state index contributed by atoms with van der Waals surface area (Å²) in [5, 5.41) is 13.7. The third-order valence-electron chi connectivity index (χ3n) is 6.77. The number of benzene rings is 3. The molecular weight excluding hydrogens is 609 g/mol. The largest absolute Gasteiger partial charge is 0.492 e. The maximum Gasteiger partial charge on any atom is 0.234 e. The number of ether oxygens (including phenoxy) is 3. The molecule has 4 aromatic rings. The Balaban J connectivity index is 1.40. The summed E-state index contributed by atoms with van der Waals surface area (Å²) in [4.78, 5) is 15.5. The number of anilines is 2. The van der Waals surface area contributed by atoms with Crippen molar-refractivity contribution in [1.29, 1.82) is 0 Å². The standard InChI is InChI=1S/C31H33Cl2N5O4S/c1-4-41-27-18-26(37-12-14-40-15-13-37)28(42-5-2)17-25(27)34-29(39)19-43-31-36-35-30(21-7-9-22(32)10-8-21)38(31)23-11-6-20(3)24(33)16-23/h6-11,16-18H,4-5,12-15,19H2,1-3H3,(H,34,39). The highest BCUT2D eigenvalue weighted by molar-refractivity contribution is 7.99. The van der Waals surface area contributed by atoms with Gasteiger partial charge < -0.3 is 24.4 Å². The maximum atomic E-state index is 13.3. The van der Waals surface area contributed by atoms with Gasteiger partial charge in [-0.05, 0) is 62.7 Å². The van der Waals surface area contributed by atoms with Crippen LogP contribution in [0, 0.1) is 6.92 Å². The van der Waals surface area contributed by atoms with Gasteiger partial charge in [0.05, 0.1) is 49.2 Å². The van der Waals surface area contributed by atoms with E-state index in [0.717, 1.165) is 35.6 Å². The molecule has 43 heavy (non-hydrogen) atoms. The number of amides is 1. The highest BCUT2D eigenvalue weighted by Gasteiger charge is 2.22. The lowest BCUT2D eigenvalue weighted by Crippen LogP contribution is -2.36. The van der Waals surface area contributed by atoms with Gasteiger partial charge in [0.2, 0.25) is 5.91 Å². The predicted molar refractivity (Wildman–Crippen MR) is 173 cm³/mol. The number of rotatable bonds is 11. The van der Waals surface area contributed by atoms with E-state index < -0.39 is 0 Å². The van der Waals surface area contributed by atoms with Gasteiger partial charge in [-0.25, -0.2) is 0 Å². The fraction of sp³-hybridized carbons (Fsp3) is 0.323. The number of hydrogen-bond donors (Lipinski definition) is 1. The number of aromatic nitrogens is 3. The quantitative estimate of drug-likeness (QED) is 0.177. The van der Waals surface area contributed by atoms with Crippen molar-refractivity contribution >= 4 is 52.2 Å². The van der Waals surface area contributed by atoms with E-state index in [1.807, 2.05) is 67.8 Å². The summed E-state index contributed by atoms with van der Waals surface area (Å²) in [5.74, 6) is 1.72. The Kier molecular flexibility index (Phi) is 10.3. The summed E-state index contributed by atoms with van der Waals surface area (Å²) in [5.41, 5.74) is 4.03. The van der Waals surface area contributed by atoms with E-state index in [2.05, 4.69) is 20.4 Å².